The zero-order valence-electron chi connectivity index (χ0n) is 10.5. The molecule has 0 aromatic carbocycles. The smallest absolute Gasteiger partial charge is 0.0218 e. The largest absolute Gasteiger partial charge is 0.329 e. The Morgan fingerprint density at radius 2 is 1.93 bits per heavy atom. The molecule has 2 atom stereocenters. The maximum Gasteiger partial charge on any atom is 0.0218 e. The summed E-state index contributed by atoms with van der Waals surface area (Å²) < 4.78 is 0. The zero-order valence-corrected chi connectivity index (χ0v) is 10.5. The van der Waals surface area contributed by atoms with Crippen molar-refractivity contribution in [2.24, 2.45) is 11.7 Å². The minimum absolute atomic E-state index is 0.535. The molecule has 2 heteroatoms. The molecule has 1 aliphatic carbocycles. The van der Waals surface area contributed by atoms with Gasteiger partial charge in [-0.2, -0.15) is 0 Å². The SMILES string of the molecule is CCCC(C)C(CN)NC1CCCCC1. The van der Waals surface area contributed by atoms with Crippen LogP contribution in [-0.4, -0.2) is 18.6 Å². The summed E-state index contributed by atoms with van der Waals surface area (Å²) in [5.74, 6) is 0.724. The summed E-state index contributed by atoms with van der Waals surface area (Å²) in [5, 5.41) is 3.77. The third kappa shape index (κ3) is 4.52. The molecule has 1 rings (SSSR count). The molecule has 3 N–H and O–H groups in total. The predicted octanol–water partition coefficient (Wildman–Crippen LogP) is 2.67. The molecule has 0 saturated heterocycles. The Balaban J connectivity index is 2.30. The van der Waals surface area contributed by atoms with Crippen LogP contribution in [0.25, 0.3) is 0 Å². The van der Waals surface area contributed by atoms with Gasteiger partial charge in [-0.3, -0.25) is 0 Å². The van der Waals surface area contributed by atoms with Crippen LogP contribution in [-0.2, 0) is 0 Å². The fourth-order valence-corrected chi connectivity index (χ4v) is 2.69. The average Bonchev–Trinajstić information content (AvgIpc) is 2.27. The van der Waals surface area contributed by atoms with Crippen molar-refractivity contribution in [3.05, 3.63) is 0 Å². The minimum atomic E-state index is 0.535. The lowest BCUT2D eigenvalue weighted by Gasteiger charge is -2.31. The second-order valence-electron chi connectivity index (χ2n) is 5.11. The fraction of sp³-hybridized carbons (Fsp3) is 1.00. The Kier molecular flexibility index (Phi) is 6.26. The average molecular weight is 212 g/mol. The van der Waals surface area contributed by atoms with Gasteiger partial charge >= 0.3 is 0 Å². The van der Waals surface area contributed by atoms with E-state index in [0.29, 0.717) is 6.04 Å². The number of hydrogen-bond donors (Lipinski definition) is 2. The second-order valence-corrected chi connectivity index (χ2v) is 5.11. The van der Waals surface area contributed by atoms with Gasteiger partial charge in [-0.15, -0.1) is 0 Å². The predicted molar refractivity (Wildman–Crippen MR) is 66.9 cm³/mol. The molecular weight excluding hydrogens is 184 g/mol. The first kappa shape index (κ1) is 13.0. The van der Waals surface area contributed by atoms with Gasteiger partial charge in [0.25, 0.3) is 0 Å². The lowest BCUT2D eigenvalue weighted by Crippen LogP contribution is -2.47. The molecule has 0 aliphatic heterocycles. The van der Waals surface area contributed by atoms with E-state index in [1.54, 1.807) is 0 Å². The molecule has 15 heavy (non-hydrogen) atoms. The molecule has 1 fully saturated rings. The number of hydrogen-bond acceptors (Lipinski definition) is 2. The van der Waals surface area contributed by atoms with Gasteiger partial charge in [-0.05, 0) is 25.2 Å². The highest BCUT2D eigenvalue weighted by molar-refractivity contribution is 4.81. The number of rotatable bonds is 6. The van der Waals surface area contributed by atoms with E-state index >= 15 is 0 Å². The standard InChI is InChI=1S/C13H28N2/c1-3-7-11(2)13(10-14)15-12-8-5-4-6-9-12/h11-13,15H,3-10,14H2,1-2H3. The molecule has 2 nitrogen and oxygen atoms in total. The van der Waals surface area contributed by atoms with Gasteiger partial charge in [0.05, 0.1) is 0 Å². The minimum Gasteiger partial charge on any atom is -0.329 e. The molecule has 0 spiro atoms. The fourth-order valence-electron chi connectivity index (χ4n) is 2.69. The molecule has 1 aliphatic rings. The van der Waals surface area contributed by atoms with Gasteiger partial charge in [0, 0.05) is 18.6 Å². The second kappa shape index (κ2) is 7.24. The first-order valence-electron chi connectivity index (χ1n) is 6.74. The van der Waals surface area contributed by atoms with Gasteiger partial charge in [-0.1, -0.05) is 39.5 Å². The highest BCUT2D eigenvalue weighted by Crippen LogP contribution is 2.19. The lowest BCUT2D eigenvalue weighted by molar-refractivity contribution is 0.282. The molecular formula is C13H28N2. The van der Waals surface area contributed by atoms with E-state index in [1.807, 2.05) is 0 Å². The van der Waals surface area contributed by atoms with Crippen LogP contribution in [0.3, 0.4) is 0 Å². The van der Waals surface area contributed by atoms with E-state index in [2.05, 4.69) is 19.2 Å². The summed E-state index contributed by atoms with van der Waals surface area (Å²) >= 11 is 0. The van der Waals surface area contributed by atoms with Crippen molar-refractivity contribution in [1.82, 2.24) is 5.32 Å². The summed E-state index contributed by atoms with van der Waals surface area (Å²) in [7, 11) is 0. The van der Waals surface area contributed by atoms with Crippen molar-refractivity contribution in [3.8, 4) is 0 Å². The van der Waals surface area contributed by atoms with Crippen LogP contribution < -0.4 is 11.1 Å². The molecule has 2 unspecified atom stereocenters. The summed E-state index contributed by atoms with van der Waals surface area (Å²) in [6.07, 6.45) is 9.50. The Morgan fingerprint density at radius 1 is 1.27 bits per heavy atom. The van der Waals surface area contributed by atoms with Crippen LogP contribution >= 0.6 is 0 Å². The normalized spacial score (nSPS) is 22.6. The number of nitrogens with one attached hydrogen (secondary N) is 1. The lowest BCUT2D eigenvalue weighted by atomic mass is 9.91. The summed E-state index contributed by atoms with van der Waals surface area (Å²) in [6, 6.07) is 1.28. The molecule has 0 radical (unpaired) electrons. The van der Waals surface area contributed by atoms with Gasteiger partial charge in [-0.25, -0.2) is 0 Å². The van der Waals surface area contributed by atoms with Crippen molar-refractivity contribution in [3.63, 3.8) is 0 Å². The first-order chi connectivity index (χ1) is 7.27. The number of nitrogens with two attached hydrogens (primary N) is 1. The molecule has 90 valence electrons. The zero-order chi connectivity index (χ0) is 11.1. The van der Waals surface area contributed by atoms with E-state index in [1.165, 1.54) is 44.9 Å². The third-order valence-electron chi connectivity index (χ3n) is 3.74. The van der Waals surface area contributed by atoms with E-state index in [9.17, 15) is 0 Å². The summed E-state index contributed by atoms with van der Waals surface area (Å²) in [4.78, 5) is 0. The van der Waals surface area contributed by atoms with E-state index < -0.39 is 0 Å². The van der Waals surface area contributed by atoms with E-state index in [0.717, 1.165) is 18.5 Å². The third-order valence-corrected chi connectivity index (χ3v) is 3.74. The Bertz CT molecular complexity index is 153. The van der Waals surface area contributed by atoms with Crippen LogP contribution in [0, 0.1) is 5.92 Å². The van der Waals surface area contributed by atoms with Gasteiger partial charge in [0.2, 0.25) is 0 Å². The molecule has 0 aromatic heterocycles. The van der Waals surface area contributed by atoms with Crippen molar-refractivity contribution >= 4 is 0 Å². The van der Waals surface area contributed by atoms with Crippen LogP contribution in [0.2, 0.25) is 0 Å². The molecule has 0 bridgehead atoms. The van der Waals surface area contributed by atoms with Crippen LogP contribution in [0.4, 0.5) is 0 Å². The summed E-state index contributed by atoms with van der Waals surface area (Å²) in [6.45, 7) is 5.37. The molecule has 0 amide bonds. The summed E-state index contributed by atoms with van der Waals surface area (Å²) in [5.41, 5.74) is 5.86. The molecule has 1 saturated carbocycles. The Morgan fingerprint density at radius 3 is 2.47 bits per heavy atom. The van der Waals surface area contributed by atoms with E-state index in [-0.39, 0.29) is 0 Å². The monoisotopic (exact) mass is 212 g/mol. The van der Waals surface area contributed by atoms with Gasteiger partial charge in [0.15, 0.2) is 0 Å². The van der Waals surface area contributed by atoms with Crippen molar-refractivity contribution in [2.45, 2.75) is 70.9 Å². The Hall–Kier alpha value is -0.0800. The maximum absolute atomic E-state index is 5.86. The van der Waals surface area contributed by atoms with E-state index in [4.69, 9.17) is 5.73 Å². The van der Waals surface area contributed by atoms with Gasteiger partial charge in [0.1, 0.15) is 0 Å². The quantitative estimate of drug-likeness (QED) is 0.710. The van der Waals surface area contributed by atoms with Crippen molar-refractivity contribution in [2.75, 3.05) is 6.54 Å². The highest BCUT2D eigenvalue weighted by Gasteiger charge is 2.20. The maximum atomic E-state index is 5.86. The van der Waals surface area contributed by atoms with Crippen molar-refractivity contribution in [1.29, 1.82) is 0 Å². The van der Waals surface area contributed by atoms with Crippen molar-refractivity contribution < 1.29 is 0 Å². The van der Waals surface area contributed by atoms with Crippen LogP contribution in [0.15, 0.2) is 0 Å². The highest BCUT2D eigenvalue weighted by atomic mass is 15.0. The van der Waals surface area contributed by atoms with Gasteiger partial charge < -0.3 is 11.1 Å². The molecule has 0 aromatic rings. The Labute approximate surface area is 95.0 Å². The van der Waals surface area contributed by atoms with Crippen LogP contribution in [0.5, 0.6) is 0 Å². The first-order valence-corrected chi connectivity index (χ1v) is 6.74. The molecule has 0 heterocycles. The van der Waals surface area contributed by atoms with Crippen LogP contribution in [0.1, 0.15) is 58.8 Å². The topological polar surface area (TPSA) is 38.0 Å².